The van der Waals surface area contributed by atoms with Gasteiger partial charge in [-0.1, -0.05) is 30.3 Å². The van der Waals surface area contributed by atoms with Gasteiger partial charge in [-0.2, -0.15) is 0 Å². The van der Waals surface area contributed by atoms with Crippen LogP contribution in [0.3, 0.4) is 0 Å². The summed E-state index contributed by atoms with van der Waals surface area (Å²) >= 11 is 0. The molecule has 4 aliphatic rings. The molecule has 1 aromatic carbocycles. The third-order valence-electron chi connectivity index (χ3n) is 7.37. The van der Waals surface area contributed by atoms with E-state index in [0.29, 0.717) is 13.0 Å². The van der Waals surface area contributed by atoms with E-state index < -0.39 is 0 Å². The van der Waals surface area contributed by atoms with Gasteiger partial charge in [0, 0.05) is 32.1 Å². The van der Waals surface area contributed by atoms with Gasteiger partial charge in [-0.3, -0.25) is 19.2 Å². The Hall–Kier alpha value is -2.94. The second kappa shape index (κ2) is 10.5. The largest absolute Gasteiger partial charge is 0.483 e. The van der Waals surface area contributed by atoms with E-state index in [1.54, 1.807) is 4.90 Å². The monoisotopic (exact) mass is 470 g/mol. The predicted octanol–water partition coefficient (Wildman–Crippen LogP) is 1.06. The molecule has 3 amide bonds. The Balaban J connectivity index is 0.000000868. The highest BCUT2D eigenvalue weighted by Crippen LogP contribution is 2.44. The lowest BCUT2D eigenvalue weighted by atomic mass is 9.91. The molecule has 3 atom stereocenters. The number of carboxylic acid groups (broad SMARTS) is 1. The maximum atomic E-state index is 13.7. The van der Waals surface area contributed by atoms with Crippen LogP contribution >= 0.6 is 0 Å². The summed E-state index contributed by atoms with van der Waals surface area (Å²) in [6, 6.07) is 9.64. The molecule has 0 unspecified atom stereocenters. The van der Waals surface area contributed by atoms with Crippen LogP contribution in [0.15, 0.2) is 30.3 Å². The van der Waals surface area contributed by atoms with E-state index in [4.69, 9.17) is 9.90 Å². The fourth-order valence-electron chi connectivity index (χ4n) is 5.58. The molecule has 1 N–H and O–H groups in total. The van der Waals surface area contributed by atoms with Crippen molar-refractivity contribution in [2.24, 2.45) is 11.8 Å². The summed E-state index contributed by atoms with van der Waals surface area (Å²) < 4.78 is 0. The highest BCUT2D eigenvalue weighted by Gasteiger charge is 2.52. The fourth-order valence-corrected chi connectivity index (χ4v) is 5.58. The Bertz CT molecular complexity index is 906. The Morgan fingerprint density at radius 3 is 2.38 bits per heavy atom. The lowest BCUT2D eigenvalue weighted by Gasteiger charge is -2.40. The maximum absolute atomic E-state index is 13.7. The number of fused-ring (bicyclic) bond motifs is 1. The molecule has 3 aliphatic heterocycles. The molecular weight excluding hydrogens is 436 g/mol. The third kappa shape index (κ3) is 5.09. The first-order chi connectivity index (χ1) is 16.4. The SMILES string of the molecule is CN1CCCN(C(=O)[C@@H]2C[C@@H]3CN(C(=O)C4CC4)CC(=O)N3[C@@H]2c2ccccc2)CC1.O=CO. The van der Waals surface area contributed by atoms with Crippen molar-refractivity contribution in [3.63, 3.8) is 0 Å². The number of rotatable bonds is 3. The number of benzene rings is 1. The van der Waals surface area contributed by atoms with Gasteiger partial charge in [0.2, 0.25) is 17.7 Å². The van der Waals surface area contributed by atoms with Gasteiger partial charge in [-0.05, 0) is 44.8 Å². The molecule has 3 heterocycles. The first-order valence-electron chi connectivity index (χ1n) is 12.1. The van der Waals surface area contributed by atoms with E-state index in [0.717, 1.165) is 51.0 Å². The van der Waals surface area contributed by atoms with Crippen LogP contribution in [-0.4, -0.2) is 101 Å². The first-order valence-corrected chi connectivity index (χ1v) is 12.1. The van der Waals surface area contributed by atoms with E-state index in [1.807, 2.05) is 40.1 Å². The summed E-state index contributed by atoms with van der Waals surface area (Å²) in [5, 5.41) is 6.89. The molecule has 34 heavy (non-hydrogen) atoms. The van der Waals surface area contributed by atoms with Gasteiger partial charge >= 0.3 is 0 Å². The van der Waals surface area contributed by atoms with Crippen LogP contribution < -0.4 is 0 Å². The zero-order valence-corrected chi connectivity index (χ0v) is 19.7. The summed E-state index contributed by atoms with van der Waals surface area (Å²) in [6.45, 7) is 3.83. The van der Waals surface area contributed by atoms with E-state index in [1.165, 1.54) is 0 Å². The van der Waals surface area contributed by atoms with Crippen LogP contribution in [0.4, 0.5) is 0 Å². The molecule has 0 radical (unpaired) electrons. The van der Waals surface area contributed by atoms with E-state index in [9.17, 15) is 14.4 Å². The highest BCUT2D eigenvalue weighted by molar-refractivity contribution is 5.90. The van der Waals surface area contributed by atoms with Crippen LogP contribution in [0.1, 0.15) is 37.3 Å². The van der Waals surface area contributed by atoms with Crippen molar-refractivity contribution >= 4 is 24.2 Å². The van der Waals surface area contributed by atoms with E-state index in [2.05, 4.69) is 11.9 Å². The minimum absolute atomic E-state index is 0.0231. The molecule has 0 aromatic heterocycles. The molecule has 4 fully saturated rings. The predicted molar refractivity (Wildman–Crippen MR) is 125 cm³/mol. The first kappa shape index (κ1) is 24.2. The summed E-state index contributed by atoms with van der Waals surface area (Å²) in [5.41, 5.74) is 1.02. The molecule has 3 saturated heterocycles. The van der Waals surface area contributed by atoms with Crippen molar-refractivity contribution in [3.05, 3.63) is 35.9 Å². The summed E-state index contributed by atoms with van der Waals surface area (Å²) in [7, 11) is 2.10. The number of likely N-dealkylation sites (N-methyl/N-ethyl adjacent to an activating group) is 1. The molecular formula is C25H34N4O5. The second-order valence-corrected chi connectivity index (χ2v) is 9.73. The van der Waals surface area contributed by atoms with E-state index in [-0.39, 0.29) is 54.7 Å². The Kier molecular flexibility index (Phi) is 7.50. The summed E-state index contributed by atoms with van der Waals surface area (Å²) in [4.78, 5) is 55.9. The van der Waals surface area contributed by atoms with Crippen molar-refractivity contribution in [3.8, 4) is 0 Å². The summed E-state index contributed by atoms with van der Waals surface area (Å²) in [6.07, 6.45) is 3.48. The van der Waals surface area contributed by atoms with Gasteiger partial charge in [-0.25, -0.2) is 0 Å². The van der Waals surface area contributed by atoms with Crippen molar-refractivity contribution < 1.29 is 24.3 Å². The van der Waals surface area contributed by atoms with Crippen LogP contribution in [0, 0.1) is 11.8 Å². The molecule has 9 nitrogen and oxygen atoms in total. The number of piperazine rings is 1. The smallest absolute Gasteiger partial charge is 0.290 e. The Labute approximate surface area is 200 Å². The zero-order chi connectivity index (χ0) is 24.2. The average Bonchev–Trinajstić information content (AvgIpc) is 3.63. The lowest BCUT2D eigenvalue weighted by Crippen LogP contribution is -2.56. The number of hydrogen-bond donors (Lipinski definition) is 1. The van der Waals surface area contributed by atoms with Crippen molar-refractivity contribution in [1.29, 1.82) is 0 Å². The van der Waals surface area contributed by atoms with Gasteiger partial charge in [0.15, 0.2) is 0 Å². The quantitative estimate of drug-likeness (QED) is 0.663. The normalized spacial score (nSPS) is 27.4. The van der Waals surface area contributed by atoms with Crippen LogP contribution in [0.25, 0.3) is 0 Å². The van der Waals surface area contributed by atoms with Crippen LogP contribution in [0.2, 0.25) is 0 Å². The molecule has 184 valence electrons. The maximum Gasteiger partial charge on any atom is 0.290 e. The minimum Gasteiger partial charge on any atom is -0.483 e. The van der Waals surface area contributed by atoms with Crippen LogP contribution in [-0.2, 0) is 19.2 Å². The third-order valence-corrected chi connectivity index (χ3v) is 7.37. The van der Waals surface area contributed by atoms with Gasteiger partial charge in [0.25, 0.3) is 6.47 Å². The molecule has 5 rings (SSSR count). The number of nitrogens with zero attached hydrogens (tertiary/aromatic N) is 4. The van der Waals surface area contributed by atoms with Gasteiger partial charge in [0.1, 0.15) is 0 Å². The Morgan fingerprint density at radius 1 is 1.00 bits per heavy atom. The number of carbonyl (C=O) groups excluding carboxylic acids is 3. The van der Waals surface area contributed by atoms with Gasteiger partial charge in [-0.15, -0.1) is 0 Å². The van der Waals surface area contributed by atoms with Gasteiger partial charge < -0.3 is 24.7 Å². The van der Waals surface area contributed by atoms with Gasteiger partial charge in [0.05, 0.1) is 24.5 Å². The number of amides is 3. The van der Waals surface area contributed by atoms with Crippen molar-refractivity contribution in [2.75, 3.05) is 46.3 Å². The van der Waals surface area contributed by atoms with E-state index >= 15 is 0 Å². The molecule has 0 spiro atoms. The molecule has 1 aliphatic carbocycles. The topological polar surface area (TPSA) is 101 Å². The highest BCUT2D eigenvalue weighted by atomic mass is 16.3. The lowest BCUT2D eigenvalue weighted by molar-refractivity contribution is -0.150. The summed E-state index contributed by atoms with van der Waals surface area (Å²) in [5.74, 6) is 0.110. The standard InChI is InChI=1S/C24H32N4O3.CH2O2/c1-25-10-5-11-26(13-12-25)24(31)20-14-19-15-27(23(30)18-8-9-18)16-21(29)28(19)22(20)17-6-3-2-4-7-17;2-1-3/h2-4,6-7,18-20,22H,5,8-16H2,1H3;1H,(H,2,3)/t19-,20-,22-;/m1./s1. The number of hydrogen-bond acceptors (Lipinski definition) is 5. The average molecular weight is 471 g/mol. The minimum atomic E-state index is -0.254. The number of carbonyl (C=O) groups is 4. The molecule has 0 bridgehead atoms. The molecule has 1 saturated carbocycles. The van der Waals surface area contributed by atoms with Crippen LogP contribution in [0.5, 0.6) is 0 Å². The van der Waals surface area contributed by atoms with Crippen molar-refractivity contribution in [1.82, 2.24) is 19.6 Å². The fraction of sp³-hybridized carbons (Fsp3) is 0.600. The Morgan fingerprint density at radius 2 is 1.71 bits per heavy atom. The second-order valence-electron chi connectivity index (χ2n) is 9.73. The molecule has 1 aromatic rings. The molecule has 9 heteroatoms. The van der Waals surface area contributed by atoms with Crippen molar-refractivity contribution in [2.45, 2.75) is 37.8 Å². The zero-order valence-electron chi connectivity index (χ0n) is 19.7.